The van der Waals surface area contributed by atoms with E-state index in [-0.39, 0.29) is 18.1 Å². The smallest absolute Gasteiger partial charge is 0.294 e. The summed E-state index contributed by atoms with van der Waals surface area (Å²) in [7, 11) is 0. The molecule has 0 saturated carbocycles. The van der Waals surface area contributed by atoms with Crippen LogP contribution >= 0.6 is 50.9 Å². The molecule has 35 heavy (non-hydrogen) atoms. The first-order valence-electron chi connectivity index (χ1n) is 10.3. The zero-order valence-electron chi connectivity index (χ0n) is 18.0. The van der Waals surface area contributed by atoms with Gasteiger partial charge in [-0.1, -0.05) is 57.3 Å². The van der Waals surface area contributed by atoms with Crippen molar-refractivity contribution in [3.8, 4) is 5.75 Å². The van der Waals surface area contributed by atoms with Crippen LogP contribution in [0, 0.1) is 0 Å². The van der Waals surface area contributed by atoms with Crippen LogP contribution in [0.3, 0.4) is 0 Å². The molecule has 4 rings (SSSR count). The fourth-order valence-corrected chi connectivity index (χ4v) is 4.72. The lowest BCUT2D eigenvalue weighted by Gasteiger charge is -2.12. The number of halogens is 3. The highest BCUT2D eigenvalue weighted by Crippen LogP contribution is 2.33. The minimum atomic E-state index is -0.523. The third-order valence-corrected chi connectivity index (χ3v) is 6.89. The lowest BCUT2D eigenvalue weighted by molar-refractivity contribution is -0.127. The average molecular weight is 592 g/mol. The van der Waals surface area contributed by atoms with Crippen molar-refractivity contribution in [3.63, 3.8) is 0 Å². The Morgan fingerprint density at radius 2 is 1.83 bits per heavy atom. The van der Waals surface area contributed by atoms with Crippen molar-refractivity contribution < 1.29 is 19.1 Å². The summed E-state index contributed by atoms with van der Waals surface area (Å²) in [6.45, 7) is -0.132. The summed E-state index contributed by atoms with van der Waals surface area (Å²) >= 11 is 16.2. The third-order valence-electron chi connectivity index (χ3n) is 4.87. The highest BCUT2D eigenvalue weighted by molar-refractivity contribution is 9.10. The summed E-state index contributed by atoms with van der Waals surface area (Å²) in [6, 6.07) is 19.2. The van der Waals surface area contributed by atoms with Crippen molar-refractivity contribution in [2.24, 2.45) is 0 Å². The van der Waals surface area contributed by atoms with Gasteiger partial charge in [0.1, 0.15) is 18.9 Å². The second kappa shape index (κ2) is 11.3. The predicted molar refractivity (Wildman–Crippen MR) is 143 cm³/mol. The first-order chi connectivity index (χ1) is 16.8. The summed E-state index contributed by atoms with van der Waals surface area (Å²) in [4.78, 5) is 38.7. The molecule has 6 nitrogen and oxygen atoms in total. The number of anilines is 1. The number of amides is 3. The highest BCUT2D eigenvalue weighted by Gasteiger charge is 2.36. The number of hydrogen-bond acceptors (Lipinski definition) is 5. The molecule has 3 amide bonds. The van der Waals surface area contributed by atoms with Crippen LogP contribution in [-0.4, -0.2) is 28.5 Å². The van der Waals surface area contributed by atoms with E-state index >= 15 is 0 Å². The molecule has 3 aromatic carbocycles. The van der Waals surface area contributed by atoms with Gasteiger partial charge < -0.3 is 10.1 Å². The van der Waals surface area contributed by atoms with Crippen LogP contribution in [0.1, 0.15) is 11.1 Å². The Morgan fingerprint density at radius 3 is 2.57 bits per heavy atom. The van der Waals surface area contributed by atoms with Crippen molar-refractivity contribution >= 4 is 79.7 Å². The molecule has 0 radical (unpaired) electrons. The zero-order chi connectivity index (χ0) is 24.9. The number of hydrogen-bond donors (Lipinski definition) is 1. The second-order valence-electron chi connectivity index (χ2n) is 7.42. The van der Waals surface area contributed by atoms with E-state index in [2.05, 4.69) is 21.2 Å². The van der Waals surface area contributed by atoms with Crippen molar-refractivity contribution in [1.29, 1.82) is 0 Å². The van der Waals surface area contributed by atoms with Crippen LogP contribution in [0.5, 0.6) is 5.75 Å². The molecule has 1 aliphatic rings. The van der Waals surface area contributed by atoms with Gasteiger partial charge in [0, 0.05) is 25.8 Å². The number of rotatable bonds is 7. The lowest BCUT2D eigenvalue weighted by Crippen LogP contribution is -2.36. The Hall–Kier alpha value is -2.78. The van der Waals surface area contributed by atoms with Gasteiger partial charge in [-0.2, -0.15) is 0 Å². The molecule has 1 fully saturated rings. The van der Waals surface area contributed by atoms with Crippen LogP contribution < -0.4 is 10.1 Å². The molecule has 0 aromatic heterocycles. The van der Waals surface area contributed by atoms with Gasteiger partial charge in [0.2, 0.25) is 5.91 Å². The van der Waals surface area contributed by atoms with Crippen LogP contribution in [0.2, 0.25) is 10.0 Å². The van der Waals surface area contributed by atoms with Gasteiger partial charge in [-0.15, -0.1) is 0 Å². The fourth-order valence-electron chi connectivity index (χ4n) is 3.16. The number of nitrogens with zero attached hydrogens (tertiary/aromatic N) is 1. The molecule has 1 aliphatic heterocycles. The van der Waals surface area contributed by atoms with Gasteiger partial charge in [-0.05, 0) is 71.9 Å². The van der Waals surface area contributed by atoms with Gasteiger partial charge in [-0.3, -0.25) is 19.3 Å². The molecule has 0 aliphatic carbocycles. The molecule has 10 heteroatoms. The van der Waals surface area contributed by atoms with E-state index < -0.39 is 17.1 Å². The number of thioether (sulfide) groups is 1. The Labute approximate surface area is 224 Å². The number of carbonyl (C=O) groups excluding carboxylic acids is 3. The third kappa shape index (κ3) is 6.67. The molecule has 0 spiro atoms. The van der Waals surface area contributed by atoms with Gasteiger partial charge in [0.25, 0.3) is 11.1 Å². The Balaban J connectivity index is 1.40. The fraction of sp³-hybridized carbons (Fsp3) is 0.0800. The summed E-state index contributed by atoms with van der Waals surface area (Å²) in [5.74, 6) is -0.421. The largest absolute Gasteiger partial charge is 0.489 e. The van der Waals surface area contributed by atoms with Crippen LogP contribution in [0.4, 0.5) is 10.5 Å². The minimum Gasteiger partial charge on any atom is -0.489 e. The van der Waals surface area contributed by atoms with Gasteiger partial charge in [-0.25, -0.2) is 0 Å². The van der Waals surface area contributed by atoms with E-state index in [4.69, 9.17) is 27.9 Å². The van der Waals surface area contributed by atoms with E-state index in [1.165, 1.54) is 0 Å². The van der Waals surface area contributed by atoms with E-state index in [0.717, 1.165) is 26.7 Å². The maximum Gasteiger partial charge on any atom is 0.294 e. The first-order valence-corrected chi connectivity index (χ1v) is 12.6. The monoisotopic (exact) mass is 590 g/mol. The van der Waals surface area contributed by atoms with Gasteiger partial charge in [0.05, 0.1) is 4.91 Å². The topological polar surface area (TPSA) is 75.7 Å². The highest BCUT2D eigenvalue weighted by atomic mass is 79.9. The molecule has 0 atom stereocenters. The average Bonchev–Trinajstić information content (AvgIpc) is 3.07. The number of benzene rings is 3. The van der Waals surface area contributed by atoms with Crippen molar-refractivity contribution in [3.05, 3.63) is 97.3 Å². The Kier molecular flexibility index (Phi) is 8.18. The van der Waals surface area contributed by atoms with Crippen LogP contribution in [0.15, 0.2) is 76.1 Å². The number of imide groups is 1. The molecule has 1 saturated heterocycles. The standard InChI is InChI=1S/C25H17BrCl2N2O4S/c26-17-5-8-19(9-6-17)29-23(31)13-30-24(32)22(35-25(30)33)11-15-2-1-3-20(10-15)34-14-16-4-7-18(27)12-21(16)28/h1-12H,13-14H2,(H,29,31)/b22-11+. The Bertz CT molecular complexity index is 1330. The first kappa shape index (κ1) is 25.3. The molecule has 1 heterocycles. The predicted octanol–water partition coefficient (Wildman–Crippen LogP) is 7.01. The van der Waals surface area contributed by atoms with E-state index in [0.29, 0.717) is 27.0 Å². The van der Waals surface area contributed by atoms with E-state index in [9.17, 15) is 14.4 Å². The van der Waals surface area contributed by atoms with Crippen molar-refractivity contribution in [1.82, 2.24) is 4.90 Å². The summed E-state index contributed by atoms with van der Waals surface area (Å²) in [5.41, 5.74) is 2.02. The molecule has 1 N–H and O–H groups in total. The van der Waals surface area contributed by atoms with Crippen molar-refractivity contribution in [2.75, 3.05) is 11.9 Å². The molecule has 0 bridgehead atoms. The van der Waals surface area contributed by atoms with Crippen LogP contribution in [0.25, 0.3) is 6.08 Å². The Morgan fingerprint density at radius 1 is 1.06 bits per heavy atom. The quantitative estimate of drug-likeness (QED) is 0.299. The second-order valence-corrected chi connectivity index (χ2v) is 10.2. The maximum atomic E-state index is 12.8. The van der Waals surface area contributed by atoms with Crippen molar-refractivity contribution in [2.45, 2.75) is 6.61 Å². The summed E-state index contributed by atoms with van der Waals surface area (Å²) < 4.78 is 6.69. The number of ether oxygens (including phenoxy) is 1. The van der Waals surface area contributed by atoms with E-state index in [1.54, 1.807) is 72.8 Å². The molecule has 3 aromatic rings. The maximum absolute atomic E-state index is 12.8. The molecular weight excluding hydrogens is 575 g/mol. The molecular formula is C25H17BrCl2N2O4S. The number of nitrogens with one attached hydrogen (secondary N) is 1. The summed E-state index contributed by atoms with van der Waals surface area (Å²) in [6.07, 6.45) is 1.60. The molecule has 0 unspecified atom stereocenters. The lowest BCUT2D eigenvalue weighted by atomic mass is 10.2. The van der Waals surface area contributed by atoms with Gasteiger partial charge >= 0.3 is 0 Å². The molecule has 178 valence electrons. The van der Waals surface area contributed by atoms with Crippen LogP contribution in [-0.2, 0) is 16.2 Å². The SMILES string of the molecule is O=C(CN1C(=O)S/C(=C/c2cccc(OCc3ccc(Cl)cc3Cl)c2)C1=O)Nc1ccc(Br)cc1. The van der Waals surface area contributed by atoms with Gasteiger partial charge in [0.15, 0.2) is 0 Å². The number of carbonyl (C=O) groups is 3. The van der Waals surface area contributed by atoms with E-state index in [1.807, 2.05) is 0 Å². The normalized spacial score (nSPS) is 14.5. The summed E-state index contributed by atoms with van der Waals surface area (Å²) in [5, 5.41) is 3.22. The zero-order valence-corrected chi connectivity index (χ0v) is 21.9. The minimum absolute atomic E-state index is 0.226.